The van der Waals surface area contributed by atoms with Crippen molar-refractivity contribution in [2.24, 2.45) is 0 Å². The Labute approximate surface area is 149 Å². The van der Waals surface area contributed by atoms with Crippen molar-refractivity contribution < 1.29 is 19.0 Å². The van der Waals surface area contributed by atoms with Crippen LogP contribution in [0.4, 0.5) is 5.69 Å². The Hall–Kier alpha value is -2.11. The molecule has 0 saturated carbocycles. The van der Waals surface area contributed by atoms with E-state index in [0.29, 0.717) is 34.5 Å². The van der Waals surface area contributed by atoms with E-state index in [9.17, 15) is 4.79 Å². The topological polar surface area (TPSA) is 48.0 Å². The zero-order chi connectivity index (χ0) is 17.1. The molecule has 126 valence electrons. The van der Waals surface area contributed by atoms with Crippen molar-refractivity contribution in [3.8, 4) is 17.2 Å². The Morgan fingerprint density at radius 1 is 1.21 bits per heavy atom. The van der Waals surface area contributed by atoms with Gasteiger partial charge in [-0.15, -0.1) is 11.6 Å². The quantitative estimate of drug-likeness (QED) is 0.753. The molecule has 3 rings (SSSR count). The van der Waals surface area contributed by atoms with Gasteiger partial charge in [-0.3, -0.25) is 4.79 Å². The fourth-order valence-corrected chi connectivity index (χ4v) is 2.86. The number of carbonyl (C=O) groups excluding carboxylic acids is 1. The summed E-state index contributed by atoms with van der Waals surface area (Å²) in [6.07, 6.45) is 0. The zero-order valence-corrected chi connectivity index (χ0v) is 14.4. The maximum Gasteiger partial charge on any atom is 0.242 e. The number of hydrogen-bond donors (Lipinski definition) is 0. The van der Waals surface area contributed by atoms with E-state index < -0.39 is 0 Å². The molecular formula is C17H15Cl2NO4. The van der Waals surface area contributed by atoms with Gasteiger partial charge in [0.1, 0.15) is 11.6 Å². The summed E-state index contributed by atoms with van der Waals surface area (Å²) in [5.74, 6) is 1.50. The minimum atomic E-state index is -0.220. The Balaban J connectivity index is 1.90. The molecule has 0 bridgehead atoms. The molecular weight excluding hydrogens is 353 g/mol. The molecule has 0 atom stereocenters. The van der Waals surface area contributed by atoms with Crippen molar-refractivity contribution >= 4 is 34.8 Å². The van der Waals surface area contributed by atoms with Crippen LogP contribution < -0.4 is 19.1 Å². The highest BCUT2D eigenvalue weighted by molar-refractivity contribution is 6.32. The predicted octanol–water partition coefficient (Wildman–Crippen LogP) is 3.85. The monoisotopic (exact) mass is 367 g/mol. The van der Waals surface area contributed by atoms with Gasteiger partial charge in [-0.2, -0.15) is 0 Å². The largest absolute Gasteiger partial charge is 0.495 e. The number of amides is 1. The molecule has 1 aliphatic heterocycles. The van der Waals surface area contributed by atoms with Crippen molar-refractivity contribution in [2.75, 3.05) is 24.7 Å². The number of fused-ring (bicyclic) bond motifs is 1. The molecule has 0 fully saturated rings. The van der Waals surface area contributed by atoms with Crippen molar-refractivity contribution in [1.82, 2.24) is 0 Å². The molecule has 0 aliphatic carbocycles. The molecule has 0 saturated heterocycles. The molecule has 0 radical (unpaired) electrons. The molecule has 0 spiro atoms. The summed E-state index contributed by atoms with van der Waals surface area (Å²) < 4.78 is 15.8. The van der Waals surface area contributed by atoms with E-state index >= 15 is 0 Å². The Kier molecular flexibility index (Phi) is 5.02. The number of carbonyl (C=O) groups is 1. The number of hydrogen-bond acceptors (Lipinski definition) is 4. The van der Waals surface area contributed by atoms with Crippen LogP contribution in [0.3, 0.4) is 0 Å². The number of rotatable bonds is 5. The summed E-state index contributed by atoms with van der Waals surface area (Å²) in [4.78, 5) is 13.9. The highest BCUT2D eigenvalue weighted by Gasteiger charge is 2.20. The van der Waals surface area contributed by atoms with Crippen LogP contribution in [-0.4, -0.2) is 25.7 Å². The van der Waals surface area contributed by atoms with Crippen molar-refractivity contribution in [3.63, 3.8) is 0 Å². The Bertz CT molecular complexity index is 766. The third-order valence-electron chi connectivity index (χ3n) is 3.64. The van der Waals surface area contributed by atoms with E-state index in [1.165, 1.54) is 0 Å². The highest BCUT2D eigenvalue weighted by Crippen LogP contribution is 2.36. The molecule has 1 aliphatic rings. The first-order valence-corrected chi connectivity index (χ1v) is 8.12. The lowest BCUT2D eigenvalue weighted by atomic mass is 10.1. The van der Waals surface area contributed by atoms with Gasteiger partial charge in [0.25, 0.3) is 0 Å². The number of anilines is 1. The van der Waals surface area contributed by atoms with E-state index in [-0.39, 0.29) is 18.6 Å². The third kappa shape index (κ3) is 3.37. The van der Waals surface area contributed by atoms with Gasteiger partial charge in [-0.05, 0) is 29.8 Å². The Morgan fingerprint density at radius 3 is 2.71 bits per heavy atom. The van der Waals surface area contributed by atoms with E-state index in [4.69, 9.17) is 37.4 Å². The number of methoxy groups -OCH3 is 1. The zero-order valence-electron chi connectivity index (χ0n) is 12.9. The number of ether oxygens (including phenoxy) is 3. The van der Waals surface area contributed by atoms with Gasteiger partial charge in [-0.25, -0.2) is 0 Å². The Morgan fingerprint density at radius 2 is 2.00 bits per heavy atom. The van der Waals surface area contributed by atoms with Crippen LogP contribution in [0.5, 0.6) is 17.2 Å². The standard InChI is InChI=1S/C17H15Cl2NO4/c1-22-14-4-2-11(6-13(14)19)9-20(17(21)8-18)12-3-5-15-16(7-12)24-10-23-15/h2-7H,8-10H2,1H3. The van der Waals surface area contributed by atoms with E-state index in [0.717, 1.165) is 5.56 Å². The van der Waals surface area contributed by atoms with Gasteiger partial charge in [0.05, 0.1) is 18.7 Å². The third-order valence-corrected chi connectivity index (χ3v) is 4.16. The van der Waals surface area contributed by atoms with Crippen LogP contribution in [-0.2, 0) is 11.3 Å². The van der Waals surface area contributed by atoms with E-state index in [1.807, 2.05) is 6.07 Å². The molecule has 24 heavy (non-hydrogen) atoms. The molecule has 1 amide bonds. The van der Waals surface area contributed by atoms with Gasteiger partial charge in [0, 0.05) is 11.8 Å². The van der Waals surface area contributed by atoms with E-state index in [2.05, 4.69) is 0 Å². The molecule has 0 unspecified atom stereocenters. The molecule has 5 nitrogen and oxygen atoms in total. The van der Waals surface area contributed by atoms with Gasteiger partial charge < -0.3 is 19.1 Å². The van der Waals surface area contributed by atoms with Gasteiger partial charge in [-0.1, -0.05) is 17.7 Å². The average Bonchev–Trinajstić information content (AvgIpc) is 3.06. The smallest absolute Gasteiger partial charge is 0.242 e. The van der Waals surface area contributed by atoms with Crippen LogP contribution in [0.15, 0.2) is 36.4 Å². The normalized spacial score (nSPS) is 12.1. The second kappa shape index (κ2) is 7.20. The number of halogens is 2. The fraction of sp³-hybridized carbons (Fsp3) is 0.235. The first-order chi connectivity index (χ1) is 11.6. The molecule has 1 heterocycles. The van der Waals surface area contributed by atoms with Gasteiger partial charge in [0.15, 0.2) is 11.5 Å². The first-order valence-electron chi connectivity index (χ1n) is 7.20. The average molecular weight is 368 g/mol. The lowest BCUT2D eigenvalue weighted by molar-refractivity contribution is -0.116. The lowest BCUT2D eigenvalue weighted by Crippen LogP contribution is -2.31. The molecule has 0 aromatic heterocycles. The molecule has 7 heteroatoms. The molecule has 2 aromatic rings. The van der Waals surface area contributed by atoms with Crippen LogP contribution in [0.2, 0.25) is 5.02 Å². The summed E-state index contributed by atoms with van der Waals surface area (Å²) in [7, 11) is 1.55. The van der Waals surface area contributed by atoms with Crippen molar-refractivity contribution in [1.29, 1.82) is 0 Å². The van der Waals surface area contributed by atoms with Crippen molar-refractivity contribution in [2.45, 2.75) is 6.54 Å². The number of benzene rings is 2. The summed E-state index contributed by atoms with van der Waals surface area (Å²) in [6.45, 7) is 0.505. The first kappa shape index (κ1) is 16.7. The van der Waals surface area contributed by atoms with Crippen LogP contribution in [0.1, 0.15) is 5.56 Å². The minimum Gasteiger partial charge on any atom is -0.495 e. The van der Waals surface area contributed by atoms with Gasteiger partial charge >= 0.3 is 0 Å². The maximum absolute atomic E-state index is 12.3. The summed E-state index contributed by atoms with van der Waals surface area (Å²) in [6, 6.07) is 10.7. The highest BCUT2D eigenvalue weighted by atomic mass is 35.5. The van der Waals surface area contributed by atoms with Gasteiger partial charge in [0.2, 0.25) is 12.7 Å². The second-order valence-corrected chi connectivity index (χ2v) is 5.79. The van der Waals surface area contributed by atoms with Crippen LogP contribution in [0, 0.1) is 0 Å². The van der Waals surface area contributed by atoms with Crippen molar-refractivity contribution in [3.05, 3.63) is 47.0 Å². The fourth-order valence-electron chi connectivity index (χ4n) is 2.44. The van der Waals surface area contributed by atoms with Crippen LogP contribution in [0.25, 0.3) is 0 Å². The van der Waals surface area contributed by atoms with E-state index in [1.54, 1.807) is 42.3 Å². The predicted molar refractivity (Wildman–Crippen MR) is 92.5 cm³/mol. The van der Waals surface area contributed by atoms with Crippen LogP contribution >= 0.6 is 23.2 Å². The SMILES string of the molecule is COc1ccc(CN(C(=O)CCl)c2ccc3c(c2)OCO3)cc1Cl. The summed E-state index contributed by atoms with van der Waals surface area (Å²) in [5, 5.41) is 0.485. The number of alkyl halides is 1. The summed E-state index contributed by atoms with van der Waals surface area (Å²) in [5.41, 5.74) is 1.54. The lowest BCUT2D eigenvalue weighted by Gasteiger charge is -2.22. The minimum absolute atomic E-state index is 0.127. The molecule has 2 aromatic carbocycles. The summed E-state index contributed by atoms with van der Waals surface area (Å²) >= 11 is 11.9. The number of nitrogens with zero attached hydrogens (tertiary/aromatic N) is 1. The molecule has 0 N–H and O–H groups in total. The second-order valence-electron chi connectivity index (χ2n) is 5.12. The maximum atomic E-state index is 12.3.